The number of alkyl halides is 2. The number of nitrogens with zero attached hydrogens (tertiary/aromatic N) is 9. The first-order chi connectivity index (χ1) is 27.6. The highest BCUT2D eigenvalue weighted by atomic mass is 19.3. The lowest BCUT2D eigenvalue weighted by molar-refractivity contribution is -0.135. The number of anilines is 1. The van der Waals surface area contributed by atoms with Gasteiger partial charge in [-0.15, -0.1) is 0 Å². The molecule has 0 unspecified atom stereocenters. The summed E-state index contributed by atoms with van der Waals surface area (Å²) in [6.45, 7) is 6.19. The molecule has 4 aromatic heterocycles. The minimum Gasteiger partial charge on any atom is -0.319 e. The number of halogens is 2. The van der Waals surface area contributed by atoms with Gasteiger partial charge in [-0.2, -0.15) is 10.2 Å². The fourth-order valence-corrected chi connectivity index (χ4v) is 9.67. The number of benzene rings is 1. The molecule has 6 heterocycles. The van der Waals surface area contributed by atoms with Crippen molar-refractivity contribution in [3.05, 3.63) is 76.4 Å². The maximum atomic E-state index is 14.0. The van der Waals surface area contributed by atoms with Gasteiger partial charge in [-0.1, -0.05) is 12.1 Å². The molecule has 0 spiro atoms. The summed E-state index contributed by atoms with van der Waals surface area (Å²) in [7, 11) is 1.77. The van der Waals surface area contributed by atoms with Crippen molar-refractivity contribution in [3.8, 4) is 0 Å². The fourth-order valence-electron chi connectivity index (χ4n) is 9.67. The number of carbonyl (C=O) groups excluding carboxylic acids is 3. The number of aromatic nitrogens is 7. The highest BCUT2D eigenvalue weighted by Crippen LogP contribution is 2.44. The van der Waals surface area contributed by atoms with Crippen LogP contribution < -0.4 is 16.3 Å². The Labute approximate surface area is 327 Å². The zero-order valence-corrected chi connectivity index (χ0v) is 31.9. The van der Waals surface area contributed by atoms with Gasteiger partial charge in [0, 0.05) is 71.3 Å². The van der Waals surface area contributed by atoms with Crippen molar-refractivity contribution in [1.29, 1.82) is 0 Å². The first-order valence-corrected chi connectivity index (χ1v) is 20.1. The normalized spacial score (nSPS) is 24.9. The van der Waals surface area contributed by atoms with E-state index in [1.165, 1.54) is 16.9 Å². The number of aryl methyl sites for hydroxylation is 1. The van der Waals surface area contributed by atoms with Gasteiger partial charge in [-0.25, -0.2) is 23.1 Å². The molecule has 2 N–H and O–H groups in total. The Morgan fingerprint density at radius 2 is 1.70 bits per heavy atom. The Balaban J connectivity index is 0.740. The smallest absolute Gasteiger partial charge is 0.319 e. The highest BCUT2D eigenvalue weighted by molar-refractivity contribution is 6.08. The Hall–Kier alpha value is -5.29. The van der Waals surface area contributed by atoms with Gasteiger partial charge in [0.1, 0.15) is 11.6 Å². The second-order valence-corrected chi connectivity index (χ2v) is 16.3. The molecule has 2 aliphatic heterocycles. The summed E-state index contributed by atoms with van der Waals surface area (Å²) in [5.74, 6) is 0.205. The summed E-state index contributed by atoms with van der Waals surface area (Å²) in [5, 5.41) is 13.4. The van der Waals surface area contributed by atoms with Crippen molar-refractivity contribution >= 4 is 40.1 Å². The van der Waals surface area contributed by atoms with Gasteiger partial charge in [0.15, 0.2) is 11.3 Å². The molecule has 4 aliphatic rings. The lowest BCUT2D eigenvalue weighted by Gasteiger charge is -2.42. The van der Waals surface area contributed by atoms with Crippen LogP contribution in [0.3, 0.4) is 0 Å². The van der Waals surface area contributed by atoms with E-state index in [1.54, 1.807) is 39.3 Å². The number of amides is 3. The number of hydrogen-bond donors (Lipinski definition) is 2. The Bertz CT molecular complexity index is 2380. The highest BCUT2D eigenvalue weighted by Gasteiger charge is 2.37. The van der Waals surface area contributed by atoms with Crippen LogP contribution in [-0.4, -0.2) is 100 Å². The zero-order valence-electron chi connectivity index (χ0n) is 31.9. The van der Waals surface area contributed by atoms with E-state index in [0.29, 0.717) is 29.8 Å². The summed E-state index contributed by atoms with van der Waals surface area (Å²) >= 11 is 0. The molecular formula is C40H47F2N11O4. The Kier molecular flexibility index (Phi) is 9.96. The lowest BCUT2D eigenvalue weighted by Crippen LogP contribution is -2.50. The van der Waals surface area contributed by atoms with Gasteiger partial charge in [0.05, 0.1) is 29.0 Å². The molecule has 15 nitrogen and oxygen atoms in total. The van der Waals surface area contributed by atoms with Gasteiger partial charge in [0.2, 0.25) is 11.8 Å². The summed E-state index contributed by atoms with van der Waals surface area (Å²) in [6.07, 6.45) is 9.60. The number of para-hydroxylation sites is 1. The minimum atomic E-state index is -2.83. The van der Waals surface area contributed by atoms with Crippen LogP contribution in [0.4, 0.5) is 14.5 Å². The number of carbonyl (C=O) groups is 3. The molecular weight excluding hydrogens is 737 g/mol. The average Bonchev–Trinajstić information content (AvgIpc) is 3.89. The Morgan fingerprint density at radius 3 is 2.42 bits per heavy atom. The third-order valence-electron chi connectivity index (χ3n) is 12.8. The standard InChI is InChI=1S/C40H47F2N11O4/c1-48-35-28(4-2-5-31(35)53(40(48)57)32-10-11-33(54)46-39(32)56)26-18-25(19-26)22-50-16-14-49(15-17-50)21-24-6-8-27(9-7-24)52-23-30(34(47-52)36(41)42)45-38(55)29-20-44-51-13-3-12-43-37(29)51/h2-5,12-13,20,23-27,32,36H,6-11,14-19,21-22H2,1H3,(H,45,55)(H,46,54,56)/t24?,25-,26-,27?,32-/m0/s1. The van der Waals surface area contributed by atoms with Crippen LogP contribution in [0.15, 0.2) is 53.8 Å². The third kappa shape index (κ3) is 7.15. The van der Waals surface area contributed by atoms with E-state index in [0.717, 1.165) is 94.4 Å². The predicted octanol–water partition coefficient (Wildman–Crippen LogP) is 4.29. The molecule has 5 aromatic rings. The van der Waals surface area contributed by atoms with Crippen LogP contribution >= 0.6 is 0 Å². The number of piperazine rings is 1. The van der Waals surface area contributed by atoms with Crippen LogP contribution in [0.5, 0.6) is 0 Å². The SMILES string of the molecule is Cn1c(=O)n([C@H]2CCC(=O)NC2=O)c2cccc([C@H]3C[C@H](CN4CCN(CC5CCC(n6cc(NC(=O)c7cnn8cccnc78)c(C(F)F)n6)CC5)CC4)C3)c21. The van der Waals surface area contributed by atoms with E-state index >= 15 is 0 Å². The molecule has 2 aliphatic carbocycles. The van der Waals surface area contributed by atoms with Crippen molar-refractivity contribution in [2.75, 3.05) is 44.6 Å². The molecule has 17 heteroatoms. The van der Waals surface area contributed by atoms with Crippen LogP contribution in [0.1, 0.15) is 97.4 Å². The summed E-state index contributed by atoms with van der Waals surface area (Å²) in [4.78, 5) is 60.2. The number of nitrogens with one attached hydrogen (secondary N) is 2. The predicted molar refractivity (Wildman–Crippen MR) is 206 cm³/mol. The monoisotopic (exact) mass is 783 g/mol. The largest absolute Gasteiger partial charge is 0.329 e. The molecule has 0 bridgehead atoms. The first-order valence-electron chi connectivity index (χ1n) is 20.1. The molecule has 3 amide bonds. The molecule has 9 rings (SSSR count). The van der Waals surface area contributed by atoms with Crippen molar-refractivity contribution in [2.24, 2.45) is 18.9 Å². The third-order valence-corrected chi connectivity index (χ3v) is 12.8. The van der Waals surface area contributed by atoms with E-state index < -0.39 is 30.0 Å². The van der Waals surface area contributed by atoms with E-state index in [9.17, 15) is 28.0 Å². The maximum absolute atomic E-state index is 14.0. The summed E-state index contributed by atoms with van der Waals surface area (Å²) < 4.78 is 34.4. The first kappa shape index (κ1) is 37.3. The van der Waals surface area contributed by atoms with E-state index in [1.807, 2.05) is 12.1 Å². The molecule has 4 fully saturated rings. The fraction of sp³-hybridized carbons (Fsp3) is 0.525. The quantitative estimate of drug-likeness (QED) is 0.197. The molecule has 1 aromatic carbocycles. The second kappa shape index (κ2) is 15.2. The molecule has 0 radical (unpaired) electrons. The number of imidazole rings is 1. The summed E-state index contributed by atoms with van der Waals surface area (Å²) in [5.41, 5.74) is 2.67. The van der Waals surface area contributed by atoms with Crippen LogP contribution in [0.25, 0.3) is 16.7 Å². The average molecular weight is 784 g/mol. The molecule has 2 saturated carbocycles. The van der Waals surface area contributed by atoms with Gasteiger partial charge >= 0.3 is 5.69 Å². The van der Waals surface area contributed by atoms with E-state index in [-0.39, 0.29) is 35.3 Å². The minimum absolute atomic E-state index is 0.00620. The summed E-state index contributed by atoms with van der Waals surface area (Å²) in [6, 6.07) is 6.98. The van der Waals surface area contributed by atoms with Crippen molar-refractivity contribution in [3.63, 3.8) is 0 Å². The van der Waals surface area contributed by atoms with Crippen LogP contribution in [0, 0.1) is 11.8 Å². The van der Waals surface area contributed by atoms with E-state index in [2.05, 4.69) is 41.7 Å². The Morgan fingerprint density at radius 1 is 0.965 bits per heavy atom. The molecule has 57 heavy (non-hydrogen) atoms. The zero-order chi connectivity index (χ0) is 39.4. The van der Waals surface area contributed by atoms with Crippen molar-refractivity contribution in [2.45, 2.75) is 75.8 Å². The lowest BCUT2D eigenvalue weighted by atomic mass is 9.71. The van der Waals surface area contributed by atoms with Crippen molar-refractivity contribution in [1.82, 2.24) is 48.6 Å². The second-order valence-electron chi connectivity index (χ2n) is 16.3. The maximum Gasteiger partial charge on any atom is 0.329 e. The van der Waals surface area contributed by atoms with E-state index in [4.69, 9.17) is 0 Å². The van der Waals surface area contributed by atoms with Crippen LogP contribution in [-0.2, 0) is 16.6 Å². The van der Waals surface area contributed by atoms with Crippen molar-refractivity contribution < 1.29 is 23.2 Å². The number of hydrogen-bond acceptors (Lipinski definition) is 9. The van der Waals surface area contributed by atoms with Gasteiger partial charge in [0.25, 0.3) is 12.3 Å². The van der Waals surface area contributed by atoms with Crippen LogP contribution in [0.2, 0.25) is 0 Å². The van der Waals surface area contributed by atoms with Gasteiger partial charge in [-0.3, -0.25) is 33.5 Å². The molecule has 2 saturated heterocycles. The number of piperidine rings is 1. The number of rotatable bonds is 10. The number of fused-ring (bicyclic) bond motifs is 2. The topological polar surface area (TPSA) is 157 Å². The molecule has 300 valence electrons. The van der Waals surface area contributed by atoms with Gasteiger partial charge < -0.3 is 15.1 Å². The molecule has 1 atom stereocenters. The number of imide groups is 1. The van der Waals surface area contributed by atoms with Gasteiger partial charge in [-0.05, 0) is 80.4 Å².